The molecule has 5 atom stereocenters. The van der Waals surface area contributed by atoms with E-state index >= 15 is 0 Å². The Kier molecular flexibility index (Phi) is 8.16. The largest absolute Gasteiger partial charge is 0.444 e. The van der Waals surface area contributed by atoms with Crippen LogP contribution in [0.15, 0.2) is 30.4 Å². The molecule has 0 aromatic heterocycles. The minimum atomic E-state index is -3.85. The van der Waals surface area contributed by atoms with Gasteiger partial charge in [-0.05, 0) is 50.2 Å². The Morgan fingerprint density at radius 2 is 1.91 bits per heavy atom. The summed E-state index contributed by atoms with van der Waals surface area (Å²) in [5, 5.41) is 2.19. The lowest BCUT2D eigenvalue weighted by Gasteiger charge is -2.27. The summed E-state index contributed by atoms with van der Waals surface area (Å²) >= 11 is 0. The topological polar surface area (TPSA) is 170 Å². The molecule has 12 nitrogen and oxygen atoms in total. The fourth-order valence-corrected chi connectivity index (χ4v) is 7.88. The maximum atomic E-state index is 14.2. The molecule has 238 valence electrons. The molecule has 5 aliphatic rings. The standard InChI is InChI=1S/C30H38FN5O7S/c31-23-9-6-7-18-15-35(17-22(18)23)29(40)43-20-13-25-26(37)33-30(28(39)34-44(41,42)21-11-12-21)14-19(30)8-4-2-1-3-5-10-24(32)27(38)36(25)16-20/h4,6-9,19-21,24-25H,1-3,5,10-17,32H2,(H,33,37)(H,34,39)/p+1/b8-4-/t19-,20+,24-,25-,30+/m0/s1. The van der Waals surface area contributed by atoms with Crippen molar-refractivity contribution in [3.63, 3.8) is 0 Å². The van der Waals surface area contributed by atoms with E-state index in [9.17, 15) is 32.0 Å². The van der Waals surface area contributed by atoms with Crippen LogP contribution in [-0.4, -0.2) is 77.6 Å². The third-order valence-corrected chi connectivity index (χ3v) is 11.2. The summed E-state index contributed by atoms with van der Waals surface area (Å²) in [5.41, 5.74) is 3.70. The maximum Gasteiger partial charge on any atom is 0.410 e. The molecule has 3 heterocycles. The number of allylic oxidation sites excluding steroid dienone is 1. The zero-order valence-corrected chi connectivity index (χ0v) is 25.3. The molecule has 3 fully saturated rings. The fraction of sp³-hybridized carbons (Fsp3) is 0.600. The lowest BCUT2D eigenvalue weighted by Crippen LogP contribution is -2.69. The van der Waals surface area contributed by atoms with E-state index in [1.807, 2.05) is 12.2 Å². The van der Waals surface area contributed by atoms with Crippen molar-refractivity contribution in [3.05, 3.63) is 47.3 Å². The Bertz CT molecular complexity index is 1500. The van der Waals surface area contributed by atoms with E-state index in [2.05, 4.69) is 15.8 Å². The monoisotopic (exact) mass is 632 g/mol. The molecule has 0 spiro atoms. The van der Waals surface area contributed by atoms with Crippen molar-refractivity contribution in [1.82, 2.24) is 19.8 Å². The highest BCUT2D eigenvalue weighted by atomic mass is 32.2. The zero-order chi connectivity index (χ0) is 31.2. The Balaban J connectivity index is 1.20. The first kappa shape index (κ1) is 30.5. The summed E-state index contributed by atoms with van der Waals surface area (Å²) < 4.78 is 47.4. The van der Waals surface area contributed by atoms with Gasteiger partial charge >= 0.3 is 6.09 Å². The summed E-state index contributed by atoms with van der Waals surface area (Å²) in [6.07, 6.45) is 7.30. The molecule has 14 heteroatoms. The predicted molar refractivity (Wildman–Crippen MR) is 154 cm³/mol. The summed E-state index contributed by atoms with van der Waals surface area (Å²) in [7, 11) is -3.85. The second-order valence-electron chi connectivity index (χ2n) is 12.7. The van der Waals surface area contributed by atoms with Crippen LogP contribution in [0.25, 0.3) is 0 Å². The van der Waals surface area contributed by atoms with Crippen molar-refractivity contribution < 1.29 is 42.5 Å². The third-order valence-electron chi connectivity index (χ3n) is 9.41. The van der Waals surface area contributed by atoms with Gasteiger partial charge in [0.1, 0.15) is 23.5 Å². The number of fused-ring (bicyclic) bond motifs is 3. The van der Waals surface area contributed by atoms with Crippen molar-refractivity contribution in [2.45, 2.75) is 99.9 Å². The van der Waals surface area contributed by atoms with Crippen LogP contribution in [0.1, 0.15) is 68.9 Å². The molecule has 1 saturated heterocycles. The zero-order valence-electron chi connectivity index (χ0n) is 24.5. The van der Waals surface area contributed by atoms with Gasteiger partial charge in [0.05, 0.1) is 18.3 Å². The van der Waals surface area contributed by atoms with Crippen LogP contribution in [0.5, 0.6) is 0 Å². The lowest BCUT2D eigenvalue weighted by atomic mass is 10.1. The minimum Gasteiger partial charge on any atom is -0.444 e. The van der Waals surface area contributed by atoms with Crippen LogP contribution < -0.4 is 15.8 Å². The lowest BCUT2D eigenvalue weighted by molar-refractivity contribution is -0.407. The number of carbonyl (C=O) groups is 4. The first-order valence-electron chi connectivity index (χ1n) is 15.4. The van der Waals surface area contributed by atoms with Crippen LogP contribution >= 0.6 is 0 Å². The second-order valence-corrected chi connectivity index (χ2v) is 14.7. The van der Waals surface area contributed by atoms with E-state index < -0.39 is 68.6 Å². The van der Waals surface area contributed by atoms with Gasteiger partial charge in [0, 0.05) is 30.9 Å². The van der Waals surface area contributed by atoms with Crippen LogP contribution in [0.3, 0.4) is 0 Å². The maximum absolute atomic E-state index is 14.2. The Hall–Kier alpha value is -3.52. The average molecular weight is 633 g/mol. The molecule has 3 aliphatic heterocycles. The van der Waals surface area contributed by atoms with Gasteiger partial charge in [-0.15, -0.1) is 0 Å². The molecular formula is C30H39FN5O7S+. The Morgan fingerprint density at radius 3 is 2.66 bits per heavy atom. The van der Waals surface area contributed by atoms with Crippen molar-refractivity contribution in [2.24, 2.45) is 5.92 Å². The van der Waals surface area contributed by atoms with Gasteiger partial charge in [0.2, 0.25) is 15.9 Å². The molecule has 1 aromatic carbocycles. The molecule has 4 amide bonds. The number of hydrogen-bond acceptors (Lipinski definition) is 7. The van der Waals surface area contributed by atoms with Gasteiger partial charge in [-0.25, -0.2) is 17.6 Å². The van der Waals surface area contributed by atoms with Crippen LogP contribution in [0, 0.1) is 11.7 Å². The number of ether oxygens (including phenoxy) is 1. The number of sulfonamides is 1. The quantitative estimate of drug-likeness (QED) is 0.414. The summed E-state index contributed by atoms with van der Waals surface area (Å²) in [4.78, 5) is 56.7. The first-order valence-corrected chi connectivity index (χ1v) is 16.9. The van der Waals surface area contributed by atoms with Crippen LogP contribution in [-0.2, 0) is 42.2 Å². The number of benzene rings is 1. The number of halogens is 1. The summed E-state index contributed by atoms with van der Waals surface area (Å²) in [6, 6.07) is 2.99. The number of carbonyl (C=O) groups excluding carboxylic acids is 4. The normalized spacial score (nSPS) is 31.5. The van der Waals surface area contributed by atoms with E-state index in [1.165, 1.54) is 15.9 Å². The number of amides is 4. The van der Waals surface area contributed by atoms with E-state index in [0.717, 1.165) is 25.7 Å². The van der Waals surface area contributed by atoms with Gasteiger partial charge in [-0.1, -0.05) is 30.7 Å². The van der Waals surface area contributed by atoms with E-state index in [-0.39, 0.29) is 38.4 Å². The molecule has 2 aliphatic carbocycles. The second kappa shape index (κ2) is 11.8. The third kappa shape index (κ3) is 6.06. The smallest absolute Gasteiger partial charge is 0.410 e. The molecule has 44 heavy (non-hydrogen) atoms. The minimum absolute atomic E-state index is 0.0102. The van der Waals surface area contributed by atoms with Gasteiger partial charge in [0.15, 0.2) is 6.04 Å². The fourth-order valence-electron chi connectivity index (χ4n) is 6.52. The molecule has 6 rings (SSSR count). The number of hydrogen-bond donors (Lipinski definition) is 3. The van der Waals surface area contributed by atoms with Gasteiger partial charge in [0.25, 0.3) is 11.8 Å². The van der Waals surface area contributed by atoms with Crippen molar-refractivity contribution >= 4 is 33.8 Å². The number of quaternary nitrogens is 1. The number of rotatable bonds is 4. The van der Waals surface area contributed by atoms with Gasteiger partial charge < -0.3 is 20.7 Å². The van der Waals surface area contributed by atoms with Gasteiger partial charge in [-0.2, -0.15) is 0 Å². The first-order chi connectivity index (χ1) is 21.0. The molecule has 2 saturated carbocycles. The molecule has 5 N–H and O–H groups in total. The van der Waals surface area contributed by atoms with Gasteiger partial charge in [-0.3, -0.25) is 24.0 Å². The molecule has 0 bridgehead atoms. The van der Waals surface area contributed by atoms with Crippen molar-refractivity contribution in [2.75, 3.05) is 6.54 Å². The number of nitrogens with one attached hydrogen (secondary N) is 2. The summed E-state index contributed by atoms with van der Waals surface area (Å²) in [6.45, 7) is 0.197. The molecule has 0 radical (unpaired) electrons. The Morgan fingerprint density at radius 1 is 1.11 bits per heavy atom. The number of nitrogens with zero attached hydrogens (tertiary/aromatic N) is 2. The van der Waals surface area contributed by atoms with Crippen molar-refractivity contribution in [3.8, 4) is 0 Å². The van der Waals surface area contributed by atoms with Crippen LogP contribution in [0.2, 0.25) is 0 Å². The average Bonchev–Trinajstić information content (AvgIpc) is 3.86. The molecular weight excluding hydrogens is 593 g/mol. The van der Waals surface area contributed by atoms with E-state index in [0.29, 0.717) is 30.4 Å². The highest BCUT2D eigenvalue weighted by Gasteiger charge is 2.62. The van der Waals surface area contributed by atoms with E-state index in [1.54, 1.807) is 12.1 Å². The predicted octanol–water partition coefficient (Wildman–Crippen LogP) is 0.862. The van der Waals surface area contributed by atoms with E-state index in [4.69, 9.17) is 4.74 Å². The van der Waals surface area contributed by atoms with Crippen molar-refractivity contribution in [1.29, 1.82) is 0 Å². The summed E-state index contributed by atoms with van der Waals surface area (Å²) in [5.74, 6) is -2.56. The Labute approximate surface area is 255 Å². The molecule has 0 unspecified atom stereocenters. The molecule has 1 aromatic rings. The highest BCUT2D eigenvalue weighted by molar-refractivity contribution is 7.91. The SMILES string of the molecule is [NH3+][C@H]1CCCCC/C=C\[C@H]2C[C@@]2(C(=O)NS(=O)(=O)C2CC2)NC(=O)[C@@H]2C[C@@H](OC(=O)N3Cc4cccc(F)c4C3)CN2C1=O. The highest BCUT2D eigenvalue weighted by Crippen LogP contribution is 2.46. The van der Waals surface area contributed by atoms with Crippen LogP contribution in [0.4, 0.5) is 9.18 Å².